The lowest BCUT2D eigenvalue weighted by atomic mass is 10.1. The van der Waals surface area contributed by atoms with Crippen LogP contribution in [0.3, 0.4) is 0 Å². The van der Waals surface area contributed by atoms with Crippen LogP contribution in [0.1, 0.15) is 34.7 Å². The maximum Gasteiger partial charge on any atom is 0.363 e. The number of hydrogen-bond acceptors (Lipinski definition) is 5. The van der Waals surface area contributed by atoms with Crippen LogP contribution in [-0.4, -0.2) is 18.5 Å². The number of esters is 1. The summed E-state index contributed by atoms with van der Waals surface area (Å²) >= 11 is 0. The predicted molar refractivity (Wildman–Crippen MR) is 125 cm³/mol. The van der Waals surface area contributed by atoms with E-state index in [0.717, 1.165) is 22.3 Å². The van der Waals surface area contributed by atoms with Gasteiger partial charge in [-0.3, -0.25) is 0 Å². The van der Waals surface area contributed by atoms with Gasteiger partial charge in [0.15, 0.2) is 17.2 Å². The molecule has 1 aliphatic rings. The van der Waals surface area contributed by atoms with Crippen molar-refractivity contribution in [1.29, 1.82) is 0 Å². The molecule has 0 N–H and O–H groups in total. The monoisotopic (exact) mass is 427 g/mol. The molecule has 0 aliphatic carbocycles. The van der Waals surface area contributed by atoms with Gasteiger partial charge in [0.25, 0.3) is 0 Å². The van der Waals surface area contributed by atoms with Gasteiger partial charge in [0, 0.05) is 5.56 Å². The van der Waals surface area contributed by atoms with Crippen molar-refractivity contribution in [2.75, 3.05) is 6.61 Å². The SMILES string of the molecule is CCOc1cc(/C=C2\N=C(c3ccccc3C)OC2=O)ccc1OCc1ccccc1C. The van der Waals surface area contributed by atoms with Gasteiger partial charge in [0.1, 0.15) is 6.61 Å². The Morgan fingerprint density at radius 3 is 2.41 bits per heavy atom. The van der Waals surface area contributed by atoms with E-state index in [9.17, 15) is 4.79 Å². The van der Waals surface area contributed by atoms with E-state index in [1.165, 1.54) is 5.56 Å². The number of cyclic esters (lactones) is 1. The molecule has 162 valence electrons. The molecule has 0 unspecified atom stereocenters. The molecule has 5 heteroatoms. The number of nitrogens with zero attached hydrogens (tertiary/aromatic N) is 1. The van der Waals surface area contributed by atoms with Crippen LogP contribution in [0.5, 0.6) is 11.5 Å². The first-order valence-electron chi connectivity index (χ1n) is 10.6. The highest BCUT2D eigenvalue weighted by Crippen LogP contribution is 2.31. The summed E-state index contributed by atoms with van der Waals surface area (Å²) in [6.07, 6.45) is 1.70. The summed E-state index contributed by atoms with van der Waals surface area (Å²) in [5.74, 6) is 1.11. The largest absolute Gasteiger partial charge is 0.490 e. The molecular weight excluding hydrogens is 402 g/mol. The van der Waals surface area contributed by atoms with Crippen LogP contribution >= 0.6 is 0 Å². The molecule has 0 bridgehead atoms. The molecule has 1 aliphatic heterocycles. The minimum atomic E-state index is -0.471. The zero-order chi connectivity index (χ0) is 22.5. The van der Waals surface area contributed by atoms with E-state index in [1.807, 2.05) is 74.5 Å². The van der Waals surface area contributed by atoms with Crippen molar-refractivity contribution in [1.82, 2.24) is 0 Å². The van der Waals surface area contributed by atoms with E-state index in [2.05, 4.69) is 18.0 Å². The topological polar surface area (TPSA) is 57.1 Å². The summed E-state index contributed by atoms with van der Waals surface area (Å²) < 4.78 is 17.2. The molecule has 3 aromatic rings. The van der Waals surface area contributed by atoms with Gasteiger partial charge in [0.2, 0.25) is 5.90 Å². The van der Waals surface area contributed by atoms with Crippen molar-refractivity contribution in [3.63, 3.8) is 0 Å². The average molecular weight is 428 g/mol. The first-order chi connectivity index (χ1) is 15.5. The van der Waals surface area contributed by atoms with Crippen LogP contribution in [0.4, 0.5) is 0 Å². The van der Waals surface area contributed by atoms with E-state index in [4.69, 9.17) is 14.2 Å². The second kappa shape index (κ2) is 9.52. The number of hydrogen-bond donors (Lipinski definition) is 0. The van der Waals surface area contributed by atoms with E-state index < -0.39 is 5.97 Å². The second-order valence-corrected chi connectivity index (χ2v) is 7.51. The van der Waals surface area contributed by atoms with Gasteiger partial charge < -0.3 is 14.2 Å². The highest BCUT2D eigenvalue weighted by molar-refractivity contribution is 6.13. The molecule has 32 heavy (non-hydrogen) atoms. The molecule has 0 saturated carbocycles. The lowest BCUT2D eigenvalue weighted by Gasteiger charge is -2.13. The van der Waals surface area contributed by atoms with Crippen molar-refractivity contribution in [3.05, 3.63) is 100 Å². The van der Waals surface area contributed by atoms with Crippen LogP contribution in [0.25, 0.3) is 6.08 Å². The van der Waals surface area contributed by atoms with Crippen molar-refractivity contribution in [2.45, 2.75) is 27.4 Å². The molecule has 0 saturated heterocycles. The van der Waals surface area contributed by atoms with Crippen molar-refractivity contribution in [3.8, 4) is 11.5 Å². The minimum absolute atomic E-state index is 0.249. The maximum absolute atomic E-state index is 12.4. The number of carbonyl (C=O) groups excluding carboxylic acids is 1. The number of ether oxygens (including phenoxy) is 3. The Labute approximate surface area is 188 Å². The molecule has 0 atom stereocenters. The molecule has 0 spiro atoms. The van der Waals surface area contributed by atoms with Crippen molar-refractivity contribution >= 4 is 17.9 Å². The van der Waals surface area contributed by atoms with Crippen LogP contribution in [0.2, 0.25) is 0 Å². The Kier molecular flexibility index (Phi) is 6.36. The third-order valence-electron chi connectivity index (χ3n) is 5.21. The first-order valence-corrected chi connectivity index (χ1v) is 10.6. The van der Waals surface area contributed by atoms with E-state index in [1.54, 1.807) is 6.08 Å². The molecule has 0 fully saturated rings. The van der Waals surface area contributed by atoms with Gasteiger partial charge in [-0.25, -0.2) is 9.79 Å². The molecule has 5 nitrogen and oxygen atoms in total. The third kappa shape index (κ3) is 4.72. The average Bonchev–Trinajstić information content (AvgIpc) is 3.14. The zero-order valence-electron chi connectivity index (χ0n) is 18.4. The Hall–Kier alpha value is -3.86. The van der Waals surface area contributed by atoms with Crippen molar-refractivity contribution in [2.24, 2.45) is 4.99 Å². The van der Waals surface area contributed by atoms with Gasteiger partial charge >= 0.3 is 5.97 Å². The van der Waals surface area contributed by atoms with Crippen LogP contribution in [0, 0.1) is 13.8 Å². The fourth-order valence-electron chi connectivity index (χ4n) is 3.42. The summed E-state index contributed by atoms with van der Waals surface area (Å²) in [6, 6.07) is 21.3. The number of benzene rings is 3. The maximum atomic E-state index is 12.4. The lowest BCUT2D eigenvalue weighted by molar-refractivity contribution is -0.129. The van der Waals surface area contributed by atoms with Crippen molar-refractivity contribution < 1.29 is 19.0 Å². The number of rotatable bonds is 7. The van der Waals surface area contributed by atoms with Gasteiger partial charge in [-0.2, -0.15) is 0 Å². The Morgan fingerprint density at radius 2 is 1.66 bits per heavy atom. The molecule has 0 radical (unpaired) electrons. The molecule has 1 heterocycles. The fourth-order valence-corrected chi connectivity index (χ4v) is 3.42. The second-order valence-electron chi connectivity index (χ2n) is 7.51. The van der Waals surface area contributed by atoms with Gasteiger partial charge in [-0.05, 0) is 67.3 Å². The third-order valence-corrected chi connectivity index (χ3v) is 5.21. The Bertz CT molecular complexity index is 1210. The molecule has 4 rings (SSSR count). The highest BCUT2D eigenvalue weighted by atomic mass is 16.6. The smallest absolute Gasteiger partial charge is 0.363 e. The normalized spacial score (nSPS) is 14.3. The van der Waals surface area contributed by atoms with Gasteiger partial charge in [-0.1, -0.05) is 48.5 Å². The first kappa shape index (κ1) is 21.4. The fraction of sp³-hybridized carbons (Fsp3) is 0.185. The molecule has 0 amide bonds. The zero-order valence-corrected chi connectivity index (χ0v) is 18.4. The van der Waals surface area contributed by atoms with Crippen LogP contribution < -0.4 is 9.47 Å². The standard InChI is InChI=1S/C27H25NO4/c1-4-30-25-16-20(13-14-24(25)31-17-21-11-7-5-9-18(21)2)15-23-27(29)32-26(28-23)22-12-8-6-10-19(22)3/h5-16H,4,17H2,1-3H3/b23-15-. The highest BCUT2D eigenvalue weighted by Gasteiger charge is 2.25. The summed E-state index contributed by atoms with van der Waals surface area (Å²) in [5, 5.41) is 0. The Balaban J connectivity index is 1.58. The van der Waals surface area contributed by atoms with Gasteiger partial charge in [0.05, 0.1) is 6.61 Å². The molecule has 0 aromatic heterocycles. The summed E-state index contributed by atoms with van der Waals surface area (Å²) in [5.41, 5.74) is 5.12. The number of aliphatic imine (C=N–C) groups is 1. The van der Waals surface area contributed by atoms with E-state index in [-0.39, 0.29) is 5.70 Å². The lowest BCUT2D eigenvalue weighted by Crippen LogP contribution is -2.06. The number of carbonyl (C=O) groups is 1. The predicted octanol–water partition coefficient (Wildman–Crippen LogP) is 5.63. The Morgan fingerprint density at radius 1 is 0.906 bits per heavy atom. The van der Waals surface area contributed by atoms with Crippen LogP contribution in [-0.2, 0) is 16.1 Å². The van der Waals surface area contributed by atoms with Gasteiger partial charge in [-0.15, -0.1) is 0 Å². The quantitative estimate of drug-likeness (QED) is 0.362. The summed E-state index contributed by atoms with van der Waals surface area (Å²) in [6.45, 7) is 6.88. The van der Waals surface area contributed by atoms with E-state index in [0.29, 0.717) is 30.6 Å². The van der Waals surface area contributed by atoms with Crippen LogP contribution in [0.15, 0.2) is 77.4 Å². The minimum Gasteiger partial charge on any atom is -0.490 e. The number of aryl methyl sites for hydroxylation is 2. The summed E-state index contributed by atoms with van der Waals surface area (Å²) in [7, 11) is 0. The molecule has 3 aromatic carbocycles. The van der Waals surface area contributed by atoms with E-state index >= 15 is 0 Å². The summed E-state index contributed by atoms with van der Waals surface area (Å²) in [4.78, 5) is 16.8. The molecular formula is C27H25NO4.